The Balaban J connectivity index is 1.78. The molecule has 2 fully saturated rings. The fourth-order valence-electron chi connectivity index (χ4n) is 2.92. The summed E-state index contributed by atoms with van der Waals surface area (Å²) in [7, 11) is 0. The van der Waals surface area contributed by atoms with E-state index in [1.54, 1.807) is 0 Å². The lowest BCUT2D eigenvalue weighted by Crippen LogP contribution is -2.54. The lowest BCUT2D eigenvalue weighted by molar-refractivity contribution is -0.141. The number of hydrogen-bond donors (Lipinski definition) is 1. The van der Waals surface area contributed by atoms with Crippen molar-refractivity contribution in [2.24, 2.45) is 11.1 Å². The van der Waals surface area contributed by atoms with Gasteiger partial charge in [-0.1, -0.05) is 26.7 Å². The number of carbonyl (C=O) groups is 1. The molecule has 0 aromatic heterocycles. The highest BCUT2D eigenvalue weighted by atomic mass is 16.5. The molecule has 1 aliphatic heterocycles. The monoisotopic (exact) mass is 254 g/mol. The van der Waals surface area contributed by atoms with Crippen molar-refractivity contribution in [2.45, 2.75) is 58.1 Å². The van der Waals surface area contributed by atoms with E-state index in [-0.39, 0.29) is 24.0 Å². The van der Waals surface area contributed by atoms with E-state index in [1.807, 2.05) is 4.90 Å². The fraction of sp³-hybridized carbons (Fsp3) is 0.929. The molecule has 104 valence electrons. The summed E-state index contributed by atoms with van der Waals surface area (Å²) in [5.41, 5.74) is 6.09. The second kappa shape index (κ2) is 5.57. The highest BCUT2D eigenvalue weighted by Crippen LogP contribution is 2.28. The van der Waals surface area contributed by atoms with E-state index in [1.165, 1.54) is 12.8 Å². The Kier molecular flexibility index (Phi) is 4.28. The Morgan fingerprint density at radius 2 is 2.00 bits per heavy atom. The molecule has 2 rings (SSSR count). The summed E-state index contributed by atoms with van der Waals surface area (Å²) in [6.07, 6.45) is 5.92. The average molecular weight is 254 g/mol. The summed E-state index contributed by atoms with van der Waals surface area (Å²) >= 11 is 0. The van der Waals surface area contributed by atoms with Gasteiger partial charge in [-0.25, -0.2) is 0 Å². The molecule has 0 aromatic carbocycles. The molecule has 1 heterocycles. The van der Waals surface area contributed by atoms with Gasteiger partial charge in [0.25, 0.3) is 0 Å². The van der Waals surface area contributed by atoms with Gasteiger partial charge in [-0.05, 0) is 24.7 Å². The molecule has 0 aromatic rings. The molecule has 1 aliphatic carbocycles. The van der Waals surface area contributed by atoms with Crippen LogP contribution < -0.4 is 5.73 Å². The van der Waals surface area contributed by atoms with Crippen molar-refractivity contribution >= 4 is 5.91 Å². The van der Waals surface area contributed by atoms with Gasteiger partial charge in [0, 0.05) is 19.1 Å². The molecular weight excluding hydrogens is 228 g/mol. The summed E-state index contributed by atoms with van der Waals surface area (Å²) < 4.78 is 5.69. The van der Waals surface area contributed by atoms with Gasteiger partial charge in [-0.2, -0.15) is 0 Å². The third kappa shape index (κ3) is 3.23. The smallest absolute Gasteiger partial charge is 0.248 e. The summed E-state index contributed by atoms with van der Waals surface area (Å²) in [6, 6.07) is 0.192. The van der Waals surface area contributed by atoms with Crippen molar-refractivity contribution in [1.82, 2.24) is 4.90 Å². The van der Waals surface area contributed by atoms with Crippen LogP contribution in [0.4, 0.5) is 0 Å². The van der Waals surface area contributed by atoms with E-state index in [4.69, 9.17) is 10.5 Å². The molecule has 4 heteroatoms. The van der Waals surface area contributed by atoms with Gasteiger partial charge >= 0.3 is 0 Å². The van der Waals surface area contributed by atoms with Crippen molar-refractivity contribution in [3.8, 4) is 0 Å². The predicted molar refractivity (Wildman–Crippen MR) is 71.2 cm³/mol. The van der Waals surface area contributed by atoms with Gasteiger partial charge in [0.2, 0.25) is 5.91 Å². The molecule has 18 heavy (non-hydrogen) atoms. The second-order valence-electron chi connectivity index (χ2n) is 6.42. The maximum absolute atomic E-state index is 12.1. The van der Waals surface area contributed by atoms with E-state index in [0.29, 0.717) is 6.10 Å². The quantitative estimate of drug-likeness (QED) is 0.831. The number of amides is 1. The van der Waals surface area contributed by atoms with Crippen molar-refractivity contribution in [2.75, 3.05) is 19.7 Å². The van der Waals surface area contributed by atoms with Crippen molar-refractivity contribution < 1.29 is 9.53 Å². The predicted octanol–water partition coefficient (Wildman–Crippen LogP) is 1.53. The molecular formula is C14H26N2O2. The molecule has 2 N–H and O–H groups in total. The van der Waals surface area contributed by atoms with Crippen LogP contribution in [0, 0.1) is 5.41 Å². The van der Waals surface area contributed by atoms with E-state index < -0.39 is 0 Å². The lowest BCUT2D eigenvalue weighted by Gasteiger charge is -2.42. The SMILES string of the molecule is CC1(C)CN(C(=O)COC2CCCC2)CCC1N. The summed E-state index contributed by atoms with van der Waals surface area (Å²) in [5, 5.41) is 0. The normalized spacial score (nSPS) is 28.6. The molecule has 1 atom stereocenters. The number of hydrogen-bond acceptors (Lipinski definition) is 3. The molecule has 0 spiro atoms. The van der Waals surface area contributed by atoms with Crippen LogP contribution in [0.5, 0.6) is 0 Å². The first-order valence-electron chi connectivity index (χ1n) is 7.14. The Labute approximate surface area is 110 Å². The molecule has 1 saturated heterocycles. The van der Waals surface area contributed by atoms with Gasteiger partial charge in [0.1, 0.15) is 6.61 Å². The van der Waals surface area contributed by atoms with Crippen LogP contribution in [0.25, 0.3) is 0 Å². The first kappa shape index (κ1) is 13.8. The maximum atomic E-state index is 12.1. The zero-order valence-electron chi connectivity index (χ0n) is 11.7. The second-order valence-corrected chi connectivity index (χ2v) is 6.42. The van der Waals surface area contributed by atoms with Gasteiger partial charge in [0.15, 0.2) is 0 Å². The number of nitrogens with two attached hydrogens (primary N) is 1. The number of ether oxygens (including phenoxy) is 1. The minimum Gasteiger partial charge on any atom is -0.368 e. The maximum Gasteiger partial charge on any atom is 0.248 e. The standard InChI is InChI=1S/C14H26N2O2/c1-14(2)10-16(8-7-12(14)15)13(17)9-18-11-5-3-4-6-11/h11-12H,3-10,15H2,1-2H3. The third-order valence-electron chi connectivity index (χ3n) is 4.41. The fourth-order valence-corrected chi connectivity index (χ4v) is 2.92. The molecule has 1 unspecified atom stereocenters. The lowest BCUT2D eigenvalue weighted by atomic mass is 9.80. The first-order chi connectivity index (χ1) is 8.49. The van der Waals surface area contributed by atoms with Crippen LogP contribution in [0.15, 0.2) is 0 Å². The van der Waals surface area contributed by atoms with Gasteiger partial charge < -0.3 is 15.4 Å². The molecule has 0 radical (unpaired) electrons. The Bertz CT molecular complexity index is 298. The highest BCUT2D eigenvalue weighted by molar-refractivity contribution is 5.77. The zero-order chi connectivity index (χ0) is 13.2. The van der Waals surface area contributed by atoms with Crippen molar-refractivity contribution in [3.63, 3.8) is 0 Å². The summed E-state index contributed by atoms with van der Waals surface area (Å²) in [4.78, 5) is 14.0. The van der Waals surface area contributed by atoms with Crippen LogP contribution in [-0.2, 0) is 9.53 Å². The topological polar surface area (TPSA) is 55.6 Å². The number of carbonyl (C=O) groups excluding carboxylic acids is 1. The van der Waals surface area contributed by atoms with Crippen LogP contribution >= 0.6 is 0 Å². The van der Waals surface area contributed by atoms with Gasteiger partial charge in [-0.15, -0.1) is 0 Å². The highest BCUT2D eigenvalue weighted by Gasteiger charge is 2.35. The largest absolute Gasteiger partial charge is 0.368 e. The summed E-state index contributed by atoms with van der Waals surface area (Å²) in [5.74, 6) is 0.127. The van der Waals surface area contributed by atoms with E-state index in [9.17, 15) is 4.79 Å². The van der Waals surface area contributed by atoms with Crippen LogP contribution in [0.1, 0.15) is 46.0 Å². The summed E-state index contributed by atoms with van der Waals surface area (Å²) in [6.45, 7) is 6.04. The molecule has 4 nitrogen and oxygen atoms in total. The first-order valence-corrected chi connectivity index (χ1v) is 7.14. The minimum atomic E-state index is 0.0151. The van der Waals surface area contributed by atoms with Crippen molar-refractivity contribution in [1.29, 1.82) is 0 Å². The van der Waals surface area contributed by atoms with E-state index >= 15 is 0 Å². The van der Waals surface area contributed by atoms with Crippen molar-refractivity contribution in [3.05, 3.63) is 0 Å². The number of nitrogens with zero attached hydrogens (tertiary/aromatic N) is 1. The Morgan fingerprint density at radius 3 is 2.61 bits per heavy atom. The number of piperidine rings is 1. The molecule has 2 aliphatic rings. The van der Waals surface area contributed by atoms with E-state index in [0.717, 1.165) is 32.4 Å². The molecule has 0 bridgehead atoms. The van der Waals surface area contributed by atoms with E-state index in [2.05, 4.69) is 13.8 Å². The average Bonchev–Trinajstić information content (AvgIpc) is 2.82. The van der Waals surface area contributed by atoms with Crippen LogP contribution in [0.2, 0.25) is 0 Å². The third-order valence-corrected chi connectivity index (χ3v) is 4.41. The Morgan fingerprint density at radius 1 is 1.33 bits per heavy atom. The molecule has 1 saturated carbocycles. The van der Waals surface area contributed by atoms with Crippen LogP contribution in [-0.4, -0.2) is 42.6 Å². The number of rotatable bonds is 3. The van der Waals surface area contributed by atoms with Crippen LogP contribution in [0.3, 0.4) is 0 Å². The Hall–Kier alpha value is -0.610. The van der Waals surface area contributed by atoms with Gasteiger partial charge in [-0.3, -0.25) is 4.79 Å². The van der Waals surface area contributed by atoms with Gasteiger partial charge in [0.05, 0.1) is 6.10 Å². The minimum absolute atomic E-state index is 0.0151. The molecule has 1 amide bonds. The zero-order valence-corrected chi connectivity index (χ0v) is 11.7. The number of likely N-dealkylation sites (tertiary alicyclic amines) is 1.